The minimum absolute atomic E-state index is 0.327. The minimum atomic E-state index is -0.831. The first kappa shape index (κ1) is 18.8. The summed E-state index contributed by atoms with van der Waals surface area (Å²) in [6.45, 7) is 0. The average Bonchev–Trinajstić information content (AvgIpc) is 2.61. The maximum atomic E-state index is 11.5. The van der Waals surface area contributed by atoms with Crippen LogP contribution in [0.1, 0.15) is 56.9 Å². The number of carboxylic acids is 1. The second kappa shape index (κ2) is 9.67. The number of carbonyl (C=O) groups is 1. The number of aliphatic hydroxyl groups is 1. The maximum absolute atomic E-state index is 11.5. The van der Waals surface area contributed by atoms with Crippen molar-refractivity contribution in [3.63, 3.8) is 0 Å². The van der Waals surface area contributed by atoms with Crippen LogP contribution in [0.15, 0.2) is 24.3 Å². The van der Waals surface area contributed by atoms with Crippen molar-refractivity contribution in [1.29, 1.82) is 0 Å². The van der Waals surface area contributed by atoms with Crippen molar-refractivity contribution >= 4 is 5.97 Å². The SMILES string of the molecule is COc1ccc(C[C@H](C[C@@H](O)CCC2CCCCC2)C(=O)O)cc1. The Morgan fingerprint density at radius 3 is 2.46 bits per heavy atom. The Labute approximate surface area is 144 Å². The molecular weight excluding hydrogens is 304 g/mol. The van der Waals surface area contributed by atoms with Crippen molar-refractivity contribution in [1.82, 2.24) is 0 Å². The summed E-state index contributed by atoms with van der Waals surface area (Å²) < 4.78 is 5.12. The lowest BCUT2D eigenvalue weighted by molar-refractivity contribution is -0.142. The Kier molecular flexibility index (Phi) is 7.57. The second-order valence-electron chi connectivity index (χ2n) is 7.06. The lowest BCUT2D eigenvalue weighted by Gasteiger charge is -2.23. The molecule has 0 unspecified atom stereocenters. The van der Waals surface area contributed by atoms with Gasteiger partial charge in [-0.2, -0.15) is 0 Å². The molecule has 1 aliphatic rings. The van der Waals surface area contributed by atoms with Crippen molar-refractivity contribution in [2.24, 2.45) is 11.8 Å². The number of hydrogen-bond acceptors (Lipinski definition) is 3. The molecule has 1 aromatic carbocycles. The van der Waals surface area contributed by atoms with E-state index in [9.17, 15) is 15.0 Å². The van der Waals surface area contributed by atoms with Crippen LogP contribution in [0.25, 0.3) is 0 Å². The maximum Gasteiger partial charge on any atom is 0.306 e. The smallest absolute Gasteiger partial charge is 0.306 e. The second-order valence-corrected chi connectivity index (χ2v) is 7.06. The fourth-order valence-electron chi connectivity index (χ4n) is 3.67. The number of hydrogen-bond donors (Lipinski definition) is 2. The third kappa shape index (κ3) is 6.16. The number of aliphatic hydroxyl groups excluding tert-OH is 1. The van der Waals surface area contributed by atoms with Gasteiger partial charge in [-0.25, -0.2) is 0 Å². The molecule has 1 aliphatic carbocycles. The van der Waals surface area contributed by atoms with E-state index >= 15 is 0 Å². The highest BCUT2D eigenvalue weighted by Crippen LogP contribution is 2.28. The molecule has 0 heterocycles. The van der Waals surface area contributed by atoms with Crippen LogP contribution in [0.3, 0.4) is 0 Å². The first-order valence-electron chi connectivity index (χ1n) is 9.12. The molecule has 1 fully saturated rings. The van der Waals surface area contributed by atoms with E-state index < -0.39 is 18.0 Å². The summed E-state index contributed by atoms with van der Waals surface area (Å²) in [5.41, 5.74) is 0.961. The summed E-state index contributed by atoms with van der Waals surface area (Å²) in [4.78, 5) is 11.5. The molecule has 0 aromatic heterocycles. The number of aliphatic carboxylic acids is 1. The van der Waals surface area contributed by atoms with Crippen molar-refractivity contribution in [2.45, 2.75) is 63.9 Å². The highest BCUT2D eigenvalue weighted by molar-refractivity contribution is 5.70. The zero-order valence-electron chi connectivity index (χ0n) is 14.6. The Hall–Kier alpha value is -1.55. The normalized spacial score (nSPS) is 18.1. The van der Waals surface area contributed by atoms with E-state index in [4.69, 9.17) is 4.74 Å². The van der Waals surface area contributed by atoms with Crippen molar-refractivity contribution < 1.29 is 19.7 Å². The molecule has 0 saturated heterocycles. The molecular formula is C20H30O4. The molecule has 0 bridgehead atoms. The molecule has 0 aliphatic heterocycles. The standard InChI is InChI=1S/C20H30O4/c1-24-19-11-8-16(9-12-19)13-17(20(22)23)14-18(21)10-7-15-5-3-2-4-6-15/h8-9,11-12,15,17-18,21H,2-7,10,13-14H2,1H3,(H,22,23)/t17-,18+/m1/s1. The predicted molar refractivity (Wildman–Crippen MR) is 94.3 cm³/mol. The van der Waals surface area contributed by atoms with Crippen LogP contribution in [-0.4, -0.2) is 29.4 Å². The third-order valence-corrected chi connectivity index (χ3v) is 5.18. The zero-order valence-corrected chi connectivity index (χ0v) is 14.6. The first-order valence-corrected chi connectivity index (χ1v) is 9.12. The summed E-state index contributed by atoms with van der Waals surface area (Å²) >= 11 is 0. The van der Waals surface area contributed by atoms with Crippen LogP contribution in [0.4, 0.5) is 0 Å². The van der Waals surface area contributed by atoms with Crippen LogP contribution in [0.2, 0.25) is 0 Å². The summed E-state index contributed by atoms with van der Waals surface area (Å²) in [6.07, 6.45) is 8.46. The van der Waals surface area contributed by atoms with Crippen LogP contribution in [0, 0.1) is 11.8 Å². The highest BCUT2D eigenvalue weighted by Gasteiger charge is 2.23. The molecule has 2 N–H and O–H groups in total. The lowest BCUT2D eigenvalue weighted by atomic mass is 9.84. The van der Waals surface area contributed by atoms with Gasteiger partial charge in [0.05, 0.1) is 19.1 Å². The van der Waals surface area contributed by atoms with Gasteiger partial charge in [0.1, 0.15) is 5.75 Å². The van der Waals surface area contributed by atoms with Crippen LogP contribution in [0.5, 0.6) is 5.75 Å². The van der Waals surface area contributed by atoms with E-state index in [0.29, 0.717) is 12.8 Å². The summed E-state index contributed by atoms with van der Waals surface area (Å²) in [5.74, 6) is 0.110. The molecule has 4 heteroatoms. The Morgan fingerprint density at radius 2 is 1.88 bits per heavy atom. The van der Waals surface area contributed by atoms with Crippen molar-refractivity contribution in [3.8, 4) is 5.75 Å². The first-order chi connectivity index (χ1) is 11.6. The monoisotopic (exact) mass is 334 g/mol. The van der Waals surface area contributed by atoms with Crippen molar-refractivity contribution in [2.75, 3.05) is 7.11 Å². The Bertz CT molecular complexity index is 491. The highest BCUT2D eigenvalue weighted by atomic mass is 16.5. The predicted octanol–water partition coefficient (Wildman–Crippen LogP) is 4.05. The molecule has 4 nitrogen and oxygen atoms in total. The molecule has 0 amide bonds. The molecule has 2 rings (SSSR count). The van der Waals surface area contributed by atoms with Crippen LogP contribution >= 0.6 is 0 Å². The molecule has 134 valence electrons. The number of carboxylic acid groups (broad SMARTS) is 1. The largest absolute Gasteiger partial charge is 0.497 e. The van der Waals surface area contributed by atoms with E-state index in [2.05, 4.69) is 0 Å². The zero-order chi connectivity index (χ0) is 17.4. The molecule has 2 atom stereocenters. The summed E-state index contributed by atoms with van der Waals surface area (Å²) in [7, 11) is 1.61. The fourth-order valence-corrected chi connectivity index (χ4v) is 3.67. The van der Waals surface area contributed by atoms with E-state index in [1.54, 1.807) is 7.11 Å². The molecule has 0 radical (unpaired) electrons. The third-order valence-electron chi connectivity index (χ3n) is 5.18. The van der Waals surface area contributed by atoms with Gasteiger partial charge < -0.3 is 14.9 Å². The van der Waals surface area contributed by atoms with Gasteiger partial charge >= 0.3 is 5.97 Å². The van der Waals surface area contributed by atoms with Crippen LogP contribution < -0.4 is 4.74 Å². The molecule has 24 heavy (non-hydrogen) atoms. The summed E-state index contributed by atoms with van der Waals surface area (Å²) in [6, 6.07) is 7.47. The van der Waals surface area contributed by atoms with Gasteiger partial charge in [0, 0.05) is 0 Å². The quantitative estimate of drug-likeness (QED) is 0.715. The van der Waals surface area contributed by atoms with Crippen LogP contribution in [-0.2, 0) is 11.2 Å². The average molecular weight is 334 g/mol. The van der Waals surface area contributed by atoms with Gasteiger partial charge in [-0.15, -0.1) is 0 Å². The molecule has 1 saturated carbocycles. The van der Waals surface area contributed by atoms with Gasteiger partial charge in [-0.1, -0.05) is 44.2 Å². The van der Waals surface area contributed by atoms with E-state index in [1.165, 1.54) is 32.1 Å². The van der Waals surface area contributed by atoms with Gasteiger partial charge in [0.15, 0.2) is 0 Å². The van der Waals surface area contributed by atoms with E-state index in [0.717, 1.165) is 30.1 Å². The lowest BCUT2D eigenvalue weighted by Crippen LogP contribution is -2.23. The Balaban J connectivity index is 1.81. The number of ether oxygens (including phenoxy) is 1. The molecule has 0 spiro atoms. The summed E-state index contributed by atoms with van der Waals surface area (Å²) in [5, 5.41) is 19.7. The van der Waals surface area contributed by atoms with E-state index in [-0.39, 0.29) is 0 Å². The topological polar surface area (TPSA) is 66.8 Å². The minimum Gasteiger partial charge on any atom is -0.497 e. The van der Waals surface area contributed by atoms with Gasteiger partial charge in [0.25, 0.3) is 0 Å². The van der Waals surface area contributed by atoms with E-state index in [1.807, 2.05) is 24.3 Å². The number of benzene rings is 1. The van der Waals surface area contributed by atoms with Gasteiger partial charge in [0.2, 0.25) is 0 Å². The van der Waals surface area contributed by atoms with Gasteiger partial charge in [-0.05, 0) is 49.3 Å². The molecule has 1 aromatic rings. The number of rotatable bonds is 9. The van der Waals surface area contributed by atoms with Crippen molar-refractivity contribution in [3.05, 3.63) is 29.8 Å². The fraction of sp³-hybridized carbons (Fsp3) is 0.650. The Morgan fingerprint density at radius 1 is 1.21 bits per heavy atom. The van der Waals surface area contributed by atoms with Gasteiger partial charge in [-0.3, -0.25) is 4.79 Å². The number of methoxy groups -OCH3 is 1.